The van der Waals surface area contributed by atoms with E-state index >= 15 is 4.39 Å². The molecule has 1 unspecified atom stereocenters. The summed E-state index contributed by atoms with van der Waals surface area (Å²) in [5.74, 6) is -1.70. The molecule has 2 aromatic carbocycles. The summed E-state index contributed by atoms with van der Waals surface area (Å²) >= 11 is 6.05. The number of nitrogens with zero attached hydrogens (tertiary/aromatic N) is 2. The normalized spacial score (nSPS) is 17.4. The van der Waals surface area contributed by atoms with E-state index < -0.39 is 23.9 Å². The Morgan fingerprint density at radius 1 is 1.04 bits per heavy atom. The zero-order chi connectivity index (χ0) is 31.9. The van der Waals surface area contributed by atoms with Crippen LogP contribution in [0, 0.1) is 5.82 Å². The molecule has 3 aromatic rings. The molecule has 0 saturated carbocycles. The summed E-state index contributed by atoms with van der Waals surface area (Å²) in [6.45, 7) is 0.523. The maximum Gasteiger partial charge on any atom is 0.411 e. The van der Waals surface area contributed by atoms with Gasteiger partial charge in [0, 0.05) is 36.3 Å². The van der Waals surface area contributed by atoms with Gasteiger partial charge < -0.3 is 19.7 Å². The van der Waals surface area contributed by atoms with Crippen molar-refractivity contribution in [2.75, 3.05) is 42.8 Å². The maximum absolute atomic E-state index is 15.1. The van der Waals surface area contributed by atoms with E-state index in [2.05, 4.69) is 20.7 Å². The van der Waals surface area contributed by atoms with Crippen molar-refractivity contribution in [1.29, 1.82) is 0 Å². The summed E-state index contributed by atoms with van der Waals surface area (Å²) in [7, 11) is 1.26. The second kappa shape index (κ2) is 14.4. The van der Waals surface area contributed by atoms with E-state index in [4.69, 9.17) is 21.3 Å². The van der Waals surface area contributed by atoms with Crippen LogP contribution in [0.5, 0.6) is 0 Å². The Labute approximate surface area is 264 Å². The smallest absolute Gasteiger partial charge is 0.411 e. The molecule has 0 saturated heterocycles. The highest BCUT2D eigenvalue weighted by molar-refractivity contribution is 6.31. The average Bonchev–Trinajstić information content (AvgIpc) is 3.06. The van der Waals surface area contributed by atoms with Crippen LogP contribution in [-0.2, 0) is 25.5 Å². The van der Waals surface area contributed by atoms with Gasteiger partial charge in [-0.2, -0.15) is 0 Å². The summed E-state index contributed by atoms with van der Waals surface area (Å²) in [5.41, 5.74) is 3.01. The quantitative estimate of drug-likeness (QED) is 0.298. The predicted molar refractivity (Wildman–Crippen MR) is 167 cm³/mol. The molecule has 2 bridgehead atoms. The Morgan fingerprint density at radius 2 is 1.89 bits per heavy atom. The van der Waals surface area contributed by atoms with Crippen molar-refractivity contribution in [3.8, 4) is 11.3 Å². The van der Waals surface area contributed by atoms with Crippen LogP contribution < -0.4 is 16.0 Å². The number of carbonyl (C=O) groups is 4. The van der Waals surface area contributed by atoms with Gasteiger partial charge in [0.1, 0.15) is 5.82 Å². The van der Waals surface area contributed by atoms with Crippen molar-refractivity contribution < 1.29 is 33.0 Å². The number of hydrogen-bond acceptors (Lipinski definition) is 7. The molecule has 11 nitrogen and oxygen atoms in total. The molecule has 236 valence electrons. The third kappa shape index (κ3) is 7.69. The van der Waals surface area contributed by atoms with E-state index in [0.29, 0.717) is 54.0 Å². The lowest BCUT2D eigenvalue weighted by molar-refractivity contribution is -0.133. The molecule has 0 spiro atoms. The van der Waals surface area contributed by atoms with Crippen LogP contribution in [0.25, 0.3) is 11.3 Å². The fraction of sp³-hybridized carbons (Fsp3) is 0.344. The first-order valence-corrected chi connectivity index (χ1v) is 15.1. The molecule has 5 rings (SSSR count). The van der Waals surface area contributed by atoms with Crippen LogP contribution in [-0.4, -0.2) is 60.7 Å². The minimum atomic E-state index is -0.712. The van der Waals surface area contributed by atoms with E-state index in [0.717, 1.165) is 0 Å². The first kappa shape index (κ1) is 31.7. The predicted octanol–water partition coefficient (Wildman–Crippen LogP) is 6.34. The van der Waals surface area contributed by atoms with Gasteiger partial charge in [0.05, 0.1) is 47.4 Å². The minimum absolute atomic E-state index is 0.0676. The van der Waals surface area contributed by atoms with Gasteiger partial charge in [-0.05, 0) is 68.1 Å². The summed E-state index contributed by atoms with van der Waals surface area (Å²) in [6, 6.07) is 13.3. The Bertz CT molecular complexity index is 1620. The molecule has 2 aliphatic heterocycles. The number of aromatic nitrogens is 1. The van der Waals surface area contributed by atoms with E-state index in [1.807, 2.05) is 6.07 Å². The number of pyridine rings is 1. The minimum Gasteiger partial charge on any atom is -0.453 e. The van der Waals surface area contributed by atoms with Crippen LogP contribution in [0.15, 0.2) is 48.5 Å². The first-order valence-electron chi connectivity index (χ1n) is 14.7. The van der Waals surface area contributed by atoms with Crippen molar-refractivity contribution in [2.24, 2.45) is 0 Å². The van der Waals surface area contributed by atoms with Gasteiger partial charge in [-0.3, -0.25) is 25.2 Å². The molecule has 4 amide bonds. The standard InChI is InChI=1S/C32H33ClFN5O6/c1-44-31(42)35-19-10-11-20-24-7-4-8-25(36-24)22(6-2-3-9-28(40)37-27(20)18-19)30(41)39-15-5-17-45-32(43)38-26-13-12-23(33)29(34)21(26)14-16-39/h4,7-8,10-13,18,22H,2-3,5-6,9,14-17H2,1H3,(H,35,42)(H,37,40)(H,38,43). The van der Waals surface area contributed by atoms with Crippen molar-refractivity contribution in [3.63, 3.8) is 0 Å². The number of ether oxygens (including phenoxy) is 2. The van der Waals surface area contributed by atoms with Gasteiger partial charge in [-0.15, -0.1) is 0 Å². The van der Waals surface area contributed by atoms with Crippen LogP contribution in [0.2, 0.25) is 5.02 Å². The fourth-order valence-corrected chi connectivity index (χ4v) is 5.65. The number of fused-ring (bicyclic) bond motifs is 5. The molecule has 0 fully saturated rings. The number of carbonyl (C=O) groups excluding carboxylic acids is 4. The number of anilines is 3. The van der Waals surface area contributed by atoms with Crippen molar-refractivity contribution >= 4 is 52.7 Å². The molecule has 45 heavy (non-hydrogen) atoms. The third-order valence-electron chi connectivity index (χ3n) is 7.76. The fourth-order valence-electron chi connectivity index (χ4n) is 5.48. The van der Waals surface area contributed by atoms with Gasteiger partial charge in [-0.1, -0.05) is 24.1 Å². The van der Waals surface area contributed by atoms with E-state index in [1.165, 1.54) is 19.2 Å². The topological polar surface area (TPSA) is 139 Å². The molecule has 1 aromatic heterocycles. The van der Waals surface area contributed by atoms with Crippen LogP contribution in [0.1, 0.15) is 49.3 Å². The third-order valence-corrected chi connectivity index (χ3v) is 8.05. The Kier molecular flexibility index (Phi) is 10.1. The maximum atomic E-state index is 15.1. The number of halogens is 2. The Morgan fingerprint density at radius 3 is 2.71 bits per heavy atom. The second-order valence-electron chi connectivity index (χ2n) is 10.7. The van der Waals surface area contributed by atoms with Gasteiger partial charge >= 0.3 is 12.2 Å². The number of nitrogens with one attached hydrogen (secondary N) is 3. The number of methoxy groups -OCH3 is 1. The van der Waals surface area contributed by atoms with Crippen LogP contribution in [0.3, 0.4) is 0 Å². The molecule has 0 aliphatic carbocycles. The number of amides is 4. The molecule has 2 aliphatic rings. The SMILES string of the molecule is COC(=O)Nc1ccc2c(c1)NC(=O)CCCCC(C(=O)N1CCCOC(=O)Nc3ccc(Cl)c(F)c3CC1)c1cccc-2n1. The average molecular weight is 638 g/mol. The monoisotopic (exact) mass is 637 g/mol. The van der Waals surface area contributed by atoms with E-state index in [-0.39, 0.29) is 60.6 Å². The lowest BCUT2D eigenvalue weighted by atomic mass is 9.94. The summed E-state index contributed by atoms with van der Waals surface area (Å²) in [6.07, 6.45) is 0.925. The zero-order valence-corrected chi connectivity index (χ0v) is 25.4. The molecule has 13 heteroatoms. The van der Waals surface area contributed by atoms with E-state index in [9.17, 15) is 19.2 Å². The molecule has 3 N–H and O–H groups in total. The first-order chi connectivity index (χ1) is 21.7. The number of rotatable bonds is 2. The lowest BCUT2D eigenvalue weighted by Gasteiger charge is -2.28. The van der Waals surface area contributed by atoms with Gasteiger partial charge in [0.15, 0.2) is 0 Å². The molecule has 1 atom stereocenters. The molecule has 3 heterocycles. The molecule has 0 radical (unpaired) electrons. The van der Waals surface area contributed by atoms with Gasteiger partial charge in [0.2, 0.25) is 11.8 Å². The summed E-state index contributed by atoms with van der Waals surface area (Å²) in [5, 5.41) is 8.01. The van der Waals surface area contributed by atoms with Crippen LogP contribution >= 0.6 is 11.6 Å². The highest BCUT2D eigenvalue weighted by atomic mass is 35.5. The number of cyclic esters (lactones) is 1. The second-order valence-corrected chi connectivity index (χ2v) is 11.2. The Hall–Kier alpha value is -4.71. The Balaban J connectivity index is 1.48. The van der Waals surface area contributed by atoms with Crippen LogP contribution in [0.4, 0.5) is 31.0 Å². The zero-order valence-electron chi connectivity index (χ0n) is 24.7. The van der Waals surface area contributed by atoms with Crippen molar-refractivity contribution in [2.45, 2.75) is 44.4 Å². The summed E-state index contributed by atoms with van der Waals surface area (Å²) < 4.78 is 25.0. The summed E-state index contributed by atoms with van der Waals surface area (Å²) in [4.78, 5) is 57.7. The lowest BCUT2D eigenvalue weighted by Crippen LogP contribution is -2.38. The van der Waals surface area contributed by atoms with Gasteiger partial charge in [-0.25, -0.2) is 14.0 Å². The molecular formula is C32H33ClFN5O6. The highest BCUT2D eigenvalue weighted by Gasteiger charge is 2.29. The van der Waals surface area contributed by atoms with Crippen molar-refractivity contribution in [1.82, 2.24) is 9.88 Å². The highest BCUT2D eigenvalue weighted by Crippen LogP contribution is 2.34. The van der Waals surface area contributed by atoms with E-state index in [1.54, 1.807) is 35.2 Å². The van der Waals surface area contributed by atoms with Crippen molar-refractivity contribution in [3.05, 3.63) is 70.6 Å². The number of benzene rings is 2. The number of hydrogen-bond donors (Lipinski definition) is 3. The molecular weight excluding hydrogens is 605 g/mol. The van der Waals surface area contributed by atoms with Gasteiger partial charge in [0.25, 0.3) is 0 Å². The largest absolute Gasteiger partial charge is 0.453 e.